The molecule has 0 atom stereocenters. The lowest BCUT2D eigenvalue weighted by molar-refractivity contribution is -0.137. The molecule has 0 aliphatic rings. The highest BCUT2D eigenvalue weighted by Crippen LogP contribution is 2.05. The van der Waals surface area contributed by atoms with Gasteiger partial charge in [0.2, 0.25) is 0 Å². The molecule has 0 fully saturated rings. The Balaban J connectivity index is 2.14. The third-order valence-corrected chi connectivity index (χ3v) is 2.14. The number of pyridine rings is 1. The number of nitrogens with one attached hydrogen (secondary N) is 1. The van der Waals surface area contributed by atoms with Crippen molar-refractivity contribution >= 4 is 17.7 Å². The van der Waals surface area contributed by atoms with Gasteiger partial charge in [-0.25, -0.2) is 9.67 Å². The molecule has 1 amide bonds. The summed E-state index contributed by atoms with van der Waals surface area (Å²) in [6.45, 7) is -0.363. The van der Waals surface area contributed by atoms with Crippen LogP contribution in [0.3, 0.4) is 0 Å². The van der Waals surface area contributed by atoms with Crippen molar-refractivity contribution in [2.45, 2.75) is 6.54 Å². The number of carbonyl (C=O) groups excluding carboxylic acids is 1. The molecule has 0 aliphatic heterocycles. The molecular weight excluding hydrogens is 236 g/mol. The van der Waals surface area contributed by atoms with Gasteiger partial charge in [-0.15, -0.1) is 0 Å². The first-order valence-electron chi connectivity index (χ1n) is 5.13. The number of nitrogens with zero attached hydrogens (tertiary/aromatic N) is 3. The first-order chi connectivity index (χ1) is 8.66. The van der Waals surface area contributed by atoms with Gasteiger partial charge in [-0.1, -0.05) is 6.07 Å². The van der Waals surface area contributed by atoms with Crippen LogP contribution in [0.4, 0.5) is 5.82 Å². The summed E-state index contributed by atoms with van der Waals surface area (Å²) in [5, 5.41) is 15.0. The summed E-state index contributed by atoms with van der Waals surface area (Å²) >= 11 is 0. The van der Waals surface area contributed by atoms with E-state index in [1.807, 2.05) is 0 Å². The quantitative estimate of drug-likeness (QED) is 0.824. The fourth-order valence-electron chi connectivity index (χ4n) is 1.40. The third-order valence-electron chi connectivity index (χ3n) is 2.14. The highest BCUT2D eigenvalue weighted by molar-refractivity contribution is 6.02. The van der Waals surface area contributed by atoms with E-state index < -0.39 is 11.9 Å². The Kier molecular flexibility index (Phi) is 3.33. The maximum atomic E-state index is 11.9. The van der Waals surface area contributed by atoms with E-state index in [4.69, 9.17) is 5.11 Å². The number of aromatic nitrogens is 3. The van der Waals surface area contributed by atoms with Gasteiger partial charge in [0, 0.05) is 12.4 Å². The van der Waals surface area contributed by atoms with Crippen molar-refractivity contribution < 1.29 is 14.7 Å². The topological polar surface area (TPSA) is 97.1 Å². The number of carboxylic acids is 1. The lowest BCUT2D eigenvalue weighted by atomic mass is 10.3. The molecule has 0 unspecified atom stereocenters. The van der Waals surface area contributed by atoms with Crippen LogP contribution in [0.2, 0.25) is 0 Å². The van der Waals surface area contributed by atoms with Gasteiger partial charge in [-0.05, 0) is 18.2 Å². The third kappa shape index (κ3) is 2.70. The van der Waals surface area contributed by atoms with Crippen LogP contribution in [0.15, 0.2) is 36.7 Å². The standard InChI is InChI=1S/C11H10N4O3/c16-10(17)7-15-8(4-6-13-15)11(18)14-9-3-1-2-5-12-9/h1-6H,7H2,(H,16,17)(H,12,14,18). The minimum atomic E-state index is -1.06. The van der Waals surface area contributed by atoms with Crippen molar-refractivity contribution in [3.8, 4) is 0 Å². The molecule has 2 aromatic rings. The summed E-state index contributed by atoms with van der Waals surface area (Å²) in [5.41, 5.74) is 0.169. The molecule has 0 radical (unpaired) electrons. The van der Waals surface area contributed by atoms with E-state index in [2.05, 4.69) is 15.4 Å². The minimum Gasteiger partial charge on any atom is -0.480 e. The van der Waals surface area contributed by atoms with Crippen LogP contribution < -0.4 is 5.32 Å². The lowest BCUT2D eigenvalue weighted by Gasteiger charge is -2.05. The van der Waals surface area contributed by atoms with Crippen molar-refractivity contribution in [3.05, 3.63) is 42.4 Å². The molecule has 2 heterocycles. The van der Waals surface area contributed by atoms with Crippen molar-refractivity contribution in [1.29, 1.82) is 0 Å². The van der Waals surface area contributed by atoms with E-state index in [1.54, 1.807) is 24.4 Å². The average Bonchev–Trinajstić information content (AvgIpc) is 2.77. The molecule has 0 aliphatic carbocycles. The van der Waals surface area contributed by atoms with E-state index in [1.165, 1.54) is 12.3 Å². The molecule has 0 saturated heterocycles. The second-order valence-corrected chi connectivity index (χ2v) is 3.44. The van der Waals surface area contributed by atoms with Crippen LogP contribution in [0.1, 0.15) is 10.5 Å². The van der Waals surface area contributed by atoms with Gasteiger partial charge >= 0.3 is 5.97 Å². The van der Waals surface area contributed by atoms with Crippen molar-refractivity contribution in [3.63, 3.8) is 0 Å². The SMILES string of the molecule is O=C(O)Cn1nccc1C(=O)Nc1ccccn1. The van der Waals surface area contributed by atoms with E-state index in [0.29, 0.717) is 5.82 Å². The van der Waals surface area contributed by atoms with Crippen molar-refractivity contribution in [2.75, 3.05) is 5.32 Å². The first kappa shape index (κ1) is 11.8. The molecule has 0 aromatic carbocycles. The number of aliphatic carboxylic acids is 1. The highest BCUT2D eigenvalue weighted by atomic mass is 16.4. The van der Waals surface area contributed by atoms with E-state index in [0.717, 1.165) is 4.68 Å². The second-order valence-electron chi connectivity index (χ2n) is 3.44. The number of anilines is 1. The summed E-state index contributed by atoms with van der Waals surface area (Å²) in [5.74, 6) is -1.12. The zero-order valence-corrected chi connectivity index (χ0v) is 9.28. The molecule has 0 bridgehead atoms. The normalized spacial score (nSPS) is 10.0. The Morgan fingerprint density at radius 2 is 2.11 bits per heavy atom. The Morgan fingerprint density at radius 3 is 2.78 bits per heavy atom. The predicted octanol–water partition coefficient (Wildman–Crippen LogP) is 0.615. The maximum Gasteiger partial charge on any atom is 0.325 e. The number of carbonyl (C=O) groups is 2. The van der Waals surface area contributed by atoms with Crippen LogP contribution in [-0.2, 0) is 11.3 Å². The molecule has 7 heteroatoms. The van der Waals surface area contributed by atoms with Crippen molar-refractivity contribution in [1.82, 2.24) is 14.8 Å². The Labute approximate surface area is 102 Å². The summed E-state index contributed by atoms with van der Waals surface area (Å²) in [6, 6.07) is 6.54. The Morgan fingerprint density at radius 1 is 1.28 bits per heavy atom. The second kappa shape index (κ2) is 5.09. The number of hydrogen-bond donors (Lipinski definition) is 2. The number of hydrogen-bond acceptors (Lipinski definition) is 4. The highest BCUT2D eigenvalue weighted by Gasteiger charge is 2.14. The van der Waals surface area contributed by atoms with Gasteiger partial charge in [-0.2, -0.15) is 5.10 Å². The number of rotatable bonds is 4. The molecule has 2 aromatic heterocycles. The smallest absolute Gasteiger partial charge is 0.325 e. The van der Waals surface area contributed by atoms with Crippen LogP contribution in [-0.4, -0.2) is 31.7 Å². The maximum absolute atomic E-state index is 11.9. The van der Waals surface area contributed by atoms with Gasteiger partial charge in [0.15, 0.2) is 0 Å². The van der Waals surface area contributed by atoms with E-state index in [-0.39, 0.29) is 12.2 Å². The molecule has 2 N–H and O–H groups in total. The van der Waals surface area contributed by atoms with E-state index in [9.17, 15) is 9.59 Å². The zero-order chi connectivity index (χ0) is 13.0. The summed E-state index contributed by atoms with van der Waals surface area (Å²) in [6.07, 6.45) is 2.92. The van der Waals surface area contributed by atoms with Crippen molar-refractivity contribution in [2.24, 2.45) is 0 Å². The van der Waals surface area contributed by atoms with Gasteiger partial charge in [0.25, 0.3) is 5.91 Å². The van der Waals surface area contributed by atoms with Crippen LogP contribution in [0, 0.1) is 0 Å². The molecular formula is C11H10N4O3. The zero-order valence-electron chi connectivity index (χ0n) is 9.28. The fraction of sp³-hybridized carbons (Fsp3) is 0.0909. The number of carboxylic acid groups (broad SMARTS) is 1. The summed E-state index contributed by atoms with van der Waals surface area (Å²) in [7, 11) is 0. The summed E-state index contributed by atoms with van der Waals surface area (Å²) < 4.78 is 1.11. The molecule has 2 rings (SSSR count). The largest absolute Gasteiger partial charge is 0.480 e. The minimum absolute atomic E-state index is 0.169. The van der Waals surface area contributed by atoms with Gasteiger partial charge in [0.05, 0.1) is 0 Å². The first-order valence-corrected chi connectivity index (χ1v) is 5.13. The lowest BCUT2D eigenvalue weighted by Crippen LogP contribution is -2.21. The molecule has 18 heavy (non-hydrogen) atoms. The van der Waals surface area contributed by atoms with Crippen LogP contribution in [0.5, 0.6) is 0 Å². The fourth-order valence-corrected chi connectivity index (χ4v) is 1.40. The summed E-state index contributed by atoms with van der Waals surface area (Å²) in [4.78, 5) is 26.4. The average molecular weight is 246 g/mol. The Hall–Kier alpha value is -2.70. The monoisotopic (exact) mass is 246 g/mol. The predicted molar refractivity (Wildman–Crippen MR) is 62.1 cm³/mol. The Bertz CT molecular complexity index is 565. The van der Waals surface area contributed by atoms with Gasteiger partial charge < -0.3 is 10.4 Å². The van der Waals surface area contributed by atoms with Crippen LogP contribution in [0.25, 0.3) is 0 Å². The molecule has 0 saturated carbocycles. The van der Waals surface area contributed by atoms with Gasteiger partial charge in [-0.3, -0.25) is 9.59 Å². The molecule has 7 nitrogen and oxygen atoms in total. The van der Waals surface area contributed by atoms with Crippen LogP contribution >= 0.6 is 0 Å². The van der Waals surface area contributed by atoms with Gasteiger partial charge in [0.1, 0.15) is 18.1 Å². The number of amides is 1. The molecule has 92 valence electrons. The van der Waals surface area contributed by atoms with E-state index >= 15 is 0 Å². The molecule has 0 spiro atoms.